The van der Waals surface area contributed by atoms with Gasteiger partial charge in [0.05, 0.1) is 24.5 Å². The molecule has 1 aromatic heterocycles. The minimum absolute atomic E-state index is 0.102. The van der Waals surface area contributed by atoms with Crippen LogP contribution in [0.4, 0.5) is 0 Å². The maximum absolute atomic E-state index is 13.7. The molecule has 2 N–H and O–H groups in total. The number of ether oxygens (including phenoxy) is 2. The minimum Gasteiger partial charge on any atom is -0.454 e. The molecular formula is C26H27NO6. The molecule has 0 bridgehead atoms. The molecule has 2 heterocycles. The van der Waals surface area contributed by atoms with Crippen molar-refractivity contribution in [2.24, 2.45) is 0 Å². The van der Waals surface area contributed by atoms with Crippen molar-refractivity contribution >= 4 is 16.6 Å². The van der Waals surface area contributed by atoms with E-state index in [-0.39, 0.29) is 31.3 Å². The number of unbranched alkanes of at least 4 members (excludes halogenated alkanes) is 4. The minimum atomic E-state index is -0.297. The summed E-state index contributed by atoms with van der Waals surface area (Å²) in [4.78, 5) is 27.3. The summed E-state index contributed by atoms with van der Waals surface area (Å²) in [6, 6.07) is 6.75. The molecule has 2 aliphatic rings. The van der Waals surface area contributed by atoms with Crippen LogP contribution in [0.3, 0.4) is 0 Å². The molecule has 0 spiro atoms. The lowest BCUT2D eigenvalue weighted by atomic mass is 9.97. The Hall–Kier alpha value is -3.16. The monoisotopic (exact) mass is 449 g/mol. The van der Waals surface area contributed by atoms with E-state index in [1.165, 1.54) is 0 Å². The van der Waals surface area contributed by atoms with Crippen LogP contribution in [0, 0.1) is 0 Å². The first-order chi connectivity index (χ1) is 16.1. The van der Waals surface area contributed by atoms with Gasteiger partial charge in [0.15, 0.2) is 17.3 Å². The summed E-state index contributed by atoms with van der Waals surface area (Å²) in [5.74, 6) is 0.901. The predicted molar refractivity (Wildman–Crippen MR) is 124 cm³/mol. The third-order valence-electron chi connectivity index (χ3n) is 6.66. The fraction of sp³-hybridized carbons (Fsp3) is 0.385. The molecule has 0 radical (unpaired) electrons. The Bertz CT molecular complexity index is 1320. The summed E-state index contributed by atoms with van der Waals surface area (Å²) in [7, 11) is 0. The van der Waals surface area contributed by atoms with E-state index in [9.17, 15) is 19.8 Å². The second-order valence-corrected chi connectivity index (χ2v) is 8.66. The van der Waals surface area contributed by atoms with Crippen LogP contribution in [0.5, 0.6) is 11.5 Å². The van der Waals surface area contributed by atoms with Gasteiger partial charge in [-0.25, -0.2) is 0 Å². The first-order valence-corrected chi connectivity index (χ1v) is 11.5. The lowest BCUT2D eigenvalue weighted by molar-refractivity contribution is 0.104. The van der Waals surface area contributed by atoms with Crippen LogP contribution in [0.2, 0.25) is 0 Å². The number of nitrogens with zero attached hydrogens (tertiary/aromatic N) is 1. The number of aliphatic hydroxyl groups excluding tert-OH is 2. The number of carbonyl (C=O) groups excluding carboxylic acids is 1. The van der Waals surface area contributed by atoms with Crippen molar-refractivity contribution in [2.75, 3.05) is 6.79 Å². The number of carbonyl (C=O) groups is 1. The number of hydrogen-bond donors (Lipinski definition) is 2. The number of aromatic nitrogens is 1. The molecule has 2 aromatic carbocycles. The van der Waals surface area contributed by atoms with Crippen LogP contribution in [-0.4, -0.2) is 27.4 Å². The second kappa shape index (κ2) is 8.65. The lowest BCUT2D eigenvalue weighted by Crippen LogP contribution is -2.24. The first kappa shape index (κ1) is 21.7. The number of hydrogen-bond acceptors (Lipinski definition) is 6. The fourth-order valence-corrected chi connectivity index (χ4v) is 4.93. The highest BCUT2D eigenvalue weighted by atomic mass is 16.7. The zero-order chi connectivity index (χ0) is 23.1. The van der Waals surface area contributed by atoms with E-state index < -0.39 is 0 Å². The largest absolute Gasteiger partial charge is 0.454 e. The summed E-state index contributed by atoms with van der Waals surface area (Å²) in [6.45, 7) is 2.17. The number of rotatable bonds is 8. The van der Waals surface area contributed by atoms with Gasteiger partial charge in [-0.15, -0.1) is 0 Å². The summed E-state index contributed by atoms with van der Waals surface area (Å²) >= 11 is 0. The summed E-state index contributed by atoms with van der Waals surface area (Å²) in [6.07, 6.45) is 5.22. The first-order valence-electron chi connectivity index (χ1n) is 11.5. The van der Waals surface area contributed by atoms with Crippen molar-refractivity contribution in [3.8, 4) is 22.8 Å². The summed E-state index contributed by atoms with van der Waals surface area (Å²) in [5, 5.41) is 20.4. The predicted octanol–water partition coefficient (Wildman–Crippen LogP) is 3.90. The van der Waals surface area contributed by atoms with Gasteiger partial charge in [-0.1, -0.05) is 32.6 Å². The van der Waals surface area contributed by atoms with Gasteiger partial charge < -0.3 is 24.3 Å². The topological polar surface area (TPSA) is 98.0 Å². The van der Waals surface area contributed by atoms with E-state index in [1.54, 1.807) is 28.8 Å². The van der Waals surface area contributed by atoms with Crippen molar-refractivity contribution in [1.29, 1.82) is 0 Å². The highest BCUT2D eigenvalue weighted by Crippen LogP contribution is 2.46. The molecule has 3 aromatic rings. The summed E-state index contributed by atoms with van der Waals surface area (Å²) in [5.41, 5.74) is 3.00. The molecule has 0 saturated carbocycles. The third-order valence-corrected chi connectivity index (χ3v) is 6.66. The molecule has 1 aliphatic heterocycles. The van der Waals surface area contributed by atoms with Gasteiger partial charge in [-0.05, 0) is 41.8 Å². The van der Waals surface area contributed by atoms with Crippen molar-refractivity contribution in [1.82, 2.24) is 4.57 Å². The Morgan fingerprint density at radius 1 is 0.848 bits per heavy atom. The van der Waals surface area contributed by atoms with E-state index in [0.29, 0.717) is 62.3 Å². The SMILES string of the molecule is CCCCCCCn1c2c(c3cc(CO)c(CO)cc3c1=O)C(=O)c1cc3c(cc1-2)OCO3. The highest BCUT2D eigenvalue weighted by molar-refractivity contribution is 6.27. The number of pyridine rings is 1. The van der Waals surface area contributed by atoms with Gasteiger partial charge in [0.2, 0.25) is 6.79 Å². The van der Waals surface area contributed by atoms with Crippen LogP contribution in [0.25, 0.3) is 22.0 Å². The van der Waals surface area contributed by atoms with Gasteiger partial charge in [0, 0.05) is 28.4 Å². The lowest BCUT2D eigenvalue weighted by Gasteiger charge is -2.17. The number of fused-ring (bicyclic) bond motifs is 6. The van der Waals surface area contributed by atoms with Crippen molar-refractivity contribution < 1.29 is 24.5 Å². The fourth-order valence-electron chi connectivity index (χ4n) is 4.93. The Morgan fingerprint density at radius 2 is 1.48 bits per heavy atom. The molecule has 0 unspecified atom stereocenters. The molecular weight excluding hydrogens is 422 g/mol. The maximum Gasteiger partial charge on any atom is 0.258 e. The molecule has 7 heteroatoms. The van der Waals surface area contributed by atoms with E-state index in [4.69, 9.17) is 9.47 Å². The number of ketones is 1. The zero-order valence-electron chi connectivity index (χ0n) is 18.6. The molecule has 7 nitrogen and oxygen atoms in total. The van der Waals surface area contributed by atoms with Gasteiger partial charge in [-0.2, -0.15) is 0 Å². The average Bonchev–Trinajstić information content (AvgIpc) is 3.40. The molecule has 33 heavy (non-hydrogen) atoms. The van der Waals surface area contributed by atoms with Crippen LogP contribution < -0.4 is 15.0 Å². The van der Waals surface area contributed by atoms with Crippen molar-refractivity contribution in [3.05, 3.63) is 56.9 Å². The number of benzene rings is 2. The Morgan fingerprint density at radius 3 is 2.15 bits per heavy atom. The van der Waals surface area contributed by atoms with Gasteiger partial charge >= 0.3 is 0 Å². The van der Waals surface area contributed by atoms with E-state index >= 15 is 0 Å². The van der Waals surface area contributed by atoms with Crippen LogP contribution in [-0.2, 0) is 19.8 Å². The van der Waals surface area contributed by atoms with E-state index in [1.807, 2.05) is 0 Å². The molecule has 0 saturated heterocycles. The summed E-state index contributed by atoms with van der Waals surface area (Å²) < 4.78 is 12.7. The highest BCUT2D eigenvalue weighted by Gasteiger charge is 2.35. The molecule has 5 rings (SSSR count). The van der Waals surface area contributed by atoms with Crippen LogP contribution in [0.1, 0.15) is 66.1 Å². The standard InChI is InChI=1S/C26H27NO6/c1-2-3-4-5-6-7-27-24-18-10-21-22(33-14-32-21)11-19(18)25(30)23(24)17-8-15(12-28)16(13-29)9-20(17)26(27)31/h8-11,28-29H,2-7,12-14H2,1H3. The smallest absolute Gasteiger partial charge is 0.258 e. The molecule has 172 valence electrons. The normalized spacial score (nSPS) is 13.6. The number of aliphatic hydroxyl groups is 2. The van der Waals surface area contributed by atoms with Gasteiger partial charge in [0.1, 0.15) is 0 Å². The van der Waals surface area contributed by atoms with Gasteiger partial charge in [-0.3, -0.25) is 9.59 Å². The Balaban J connectivity index is 1.75. The van der Waals surface area contributed by atoms with Crippen LogP contribution >= 0.6 is 0 Å². The molecule has 1 aliphatic carbocycles. The molecule has 0 amide bonds. The van der Waals surface area contributed by atoms with Crippen molar-refractivity contribution in [3.63, 3.8) is 0 Å². The van der Waals surface area contributed by atoms with Gasteiger partial charge in [0.25, 0.3) is 5.56 Å². The van der Waals surface area contributed by atoms with E-state index in [2.05, 4.69) is 6.92 Å². The quantitative estimate of drug-likeness (QED) is 0.396. The van der Waals surface area contributed by atoms with Crippen LogP contribution in [0.15, 0.2) is 29.1 Å². The second-order valence-electron chi connectivity index (χ2n) is 8.66. The average molecular weight is 450 g/mol. The molecule has 0 fully saturated rings. The third kappa shape index (κ3) is 3.43. The van der Waals surface area contributed by atoms with Crippen molar-refractivity contribution in [2.45, 2.75) is 58.8 Å². The Kier molecular flexibility index (Phi) is 5.68. The maximum atomic E-state index is 13.7. The zero-order valence-corrected chi connectivity index (χ0v) is 18.6. The molecule has 0 atom stereocenters. The Labute approximate surface area is 191 Å². The van der Waals surface area contributed by atoms with E-state index in [0.717, 1.165) is 32.1 Å².